The van der Waals surface area contributed by atoms with E-state index < -0.39 is 0 Å². The molecule has 1 aromatic rings. The molecule has 1 aromatic carbocycles. The third-order valence-electron chi connectivity index (χ3n) is 3.61. The van der Waals surface area contributed by atoms with Gasteiger partial charge in [-0.15, -0.1) is 0 Å². The summed E-state index contributed by atoms with van der Waals surface area (Å²) in [6.45, 7) is 0.394. The Balaban J connectivity index is 2.48. The van der Waals surface area contributed by atoms with Gasteiger partial charge in [0.15, 0.2) is 5.78 Å². The molecule has 0 atom stereocenters. The van der Waals surface area contributed by atoms with Crippen molar-refractivity contribution in [2.24, 2.45) is 5.73 Å². The molecule has 0 amide bonds. The summed E-state index contributed by atoms with van der Waals surface area (Å²) in [4.78, 5) is 12.2. The van der Waals surface area contributed by atoms with E-state index in [1.807, 2.05) is 6.07 Å². The SMILES string of the molecule is COc1ccc2c(c1C(=O)CCN)CCCCC2. The molecule has 2 rings (SSSR count). The van der Waals surface area contributed by atoms with E-state index in [4.69, 9.17) is 10.5 Å². The van der Waals surface area contributed by atoms with Gasteiger partial charge in [-0.05, 0) is 49.4 Å². The largest absolute Gasteiger partial charge is 0.496 e. The zero-order valence-corrected chi connectivity index (χ0v) is 11.0. The zero-order chi connectivity index (χ0) is 13.0. The third kappa shape index (κ3) is 2.56. The predicted octanol–water partition coefficient (Wildman–Crippen LogP) is 2.50. The molecule has 18 heavy (non-hydrogen) atoms. The normalized spacial score (nSPS) is 14.8. The third-order valence-corrected chi connectivity index (χ3v) is 3.61. The molecule has 2 N–H and O–H groups in total. The lowest BCUT2D eigenvalue weighted by Crippen LogP contribution is -2.13. The Kier molecular flexibility index (Phi) is 4.37. The van der Waals surface area contributed by atoms with Crippen LogP contribution in [0.2, 0.25) is 0 Å². The molecule has 0 heterocycles. The fourth-order valence-electron chi connectivity index (χ4n) is 2.72. The molecule has 1 aliphatic carbocycles. The number of benzene rings is 1. The van der Waals surface area contributed by atoms with Crippen LogP contribution in [0.4, 0.5) is 0 Å². The van der Waals surface area contributed by atoms with Crippen molar-refractivity contribution in [3.05, 3.63) is 28.8 Å². The maximum absolute atomic E-state index is 12.2. The minimum Gasteiger partial charge on any atom is -0.496 e. The average Bonchev–Trinajstić information content (AvgIpc) is 2.62. The van der Waals surface area contributed by atoms with Crippen LogP contribution in [0, 0.1) is 0 Å². The first-order valence-electron chi connectivity index (χ1n) is 6.70. The fourth-order valence-corrected chi connectivity index (χ4v) is 2.72. The van der Waals surface area contributed by atoms with Gasteiger partial charge in [0.05, 0.1) is 12.7 Å². The maximum atomic E-state index is 12.2. The molecule has 0 bridgehead atoms. The standard InChI is InChI=1S/C15H21NO2/c1-18-14-8-7-11-5-3-2-4-6-12(11)15(14)13(17)9-10-16/h7-8H,2-6,9-10,16H2,1H3. The number of methoxy groups -OCH3 is 1. The van der Waals surface area contributed by atoms with Gasteiger partial charge in [-0.2, -0.15) is 0 Å². The summed E-state index contributed by atoms with van der Waals surface area (Å²) in [5, 5.41) is 0. The van der Waals surface area contributed by atoms with Crippen LogP contribution in [0.25, 0.3) is 0 Å². The molecule has 3 heteroatoms. The Labute approximate surface area is 108 Å². The van der Waals surface area contributed by atoms with E-state index >= 15 is 0 Å². The summed E-state index contributed by atoms with van der Waals surface area (Å²) in [6, 6.07) is 4.03. The minimum atomic E-state index is 0.119. The quantitative estimate of drug-likeness (QED) is 0.657. The molecule has 0 unspecified atom stereocenters. The zero-order valence-electron chi connectivity index (χ0n) is 11.0. The highest BCUT2D eigenvalue weighted by molar-refractivity contribution is 6.00. The van der Waals surface area contributed by atoms with Gasteiger partial charge in [0, 0.05) is 6.42 Å². The fraction of sp³-hybridized carbons (Fsp3) is 0.533. The van der Waals surface area contributed by atoms with Crippen molar-refractivity contribution in [2.45, 2.75) is 38.5 Å². The smallest absolute Gasteiger partial charge is 0.168 e. The van der Waals surface area contributed by atoms with Gasteiger partial charge < -0.3 is 10.5 Å². The minimum absolute atomic E-state index is 0.119. The number of nitrogens with two attached hydrogens (primary N) is 1. The number of carbonyl (C=O) groups excluding carboxylic acids is 1. The average molecular weight is 247 g/mol. The van der Waals surface area contributed by atoms with E-state index in [1.165, 1.54) is 24.0 Å². The summed E-state index contributed by atoms with van der Waals surface area (Å²) in [5.41, 5.74) is 8.80. The van der Waals surface area contributed by atoms with Crippen LogP contribution >= 0.6 is 0 Å². The van der Waals surface area contributed by atoms with Crippen molar-refractivity contribution >= 4 is 5.78 Å². The van der Waals surface area contributed by atoms with Crippen LogP contribution < -0.4 is 10.5 Å². The predicted molar refractivity (Wildman–Crippen MR) is 72.3 cm³/mol. The molecule has 0 fully saturated rings. The van der Waals surface area contributed by atoms with Crippen LogP contribution in [-0.4, -0.2) is 19.4 Å². The van der Waals surface area contributed by atoms with Crippen LogP contribution in [0.5, 0.6) is 5.75 Å². The summed E-state index contributed by atoms with van der Waals surface area (Å²) < 4.78 is 5.36. The van der Waals surface area contributed by atoms with Crippen molar-refractivity contribution in [3.63, 3.8) is 0 Å². The molecule has 0 saturated carbocycles. The molecule has 3 nitrogen and oxygen atoms in total. The molecule has 0 spiro atoms. The van der Waals surface area contributed by atoms with Crippen LogP contribution in [-0.2, 0) is 12.8 Å². The lowest BCUT2D eigenvalue weighted by molar-refractivity contribution is 0.0981. The summed E-state index contributed by atoms with van der Waals surface area (Å²) in [7, 11) is 1.62. The molecule has 98 valence electrons. The first kappa shape index (κ1) is 13.1. The number of carbonyl (C=O) groups is 1. The van der Waals surface area contributed by atoms with Crippen molar-refractivity contribution in [1.29, 1.82) is 0 Å². The number of ketones is 1. The van der Waals surface area contributed by atoms with E-state index in [-0.39, 0.29) is 5.78 Å². The van der Waals surface area contributed by atoms with Crippen molar-refractivity contribution in [2.75, 3.05) is 13.7 Å². The van der Waals surface area contributed by atoms with E-state index in [2.05, 4.69) is 6.07 Å². The monoisotopic (exact) mass is 247 g/mol. The topological polar surface area (TPSA) is 52.3 Å². The molecule has 0 aromatic heterocycles. The van der Waals surface area contributed by atoms with Crippen LogP contribution in [0.3, 0.4) is 0 Å². The molecular formula is C15H21NO2. The second-order valence-corrected chi connectivity index (χ2v) is 4.80. The number of hydrogen-bond acceptors (Lipinski definition) is 3. The lowest BCUT2D eigenvalue weighted by Gasteiger charge is -2.15. The summed E-state index contributed by atoms with van der Waals surface area (Å²) >= 11 is 0. The maximum Gasteiger partial charge on any atom is 0.168 e. The van der Waals surface area contributed by atoms with E-state index in [9.17, 15) is 4.79 Å². The van der Waals surface area contributed by atoms with Crippen molar-refractivity contribution in [1.82, 2.24) is 0 Å². The van der Waals surface area contributed by atoms with Crippen molar-refractivity contribution in [3.8, 4) is 5.75 Å². The Bertz CT molecular complexity index is 440. The summed E-state index contributed by atoms with van der Waals surface area (Å²) in [6.07, 6.45) is 6.06. The van der Waals surface area contributed by atoms with Crippen LogP contribution in [0.15, 0.2) is 12.1 Å². The molecule has 1 aliphatic rings. The van der Waals surface area contributed by atoms with Gasteiger partial charge in [-0.1, -0.05) is 12.5 Å². The van der Waals surface area contributed by atoms with E-state index in [0.29, 0.717) is 18.7 Å². The number of fused-ring (bicyclic) bond motifs is 1. The Morgan fingerprint density at radius 1 is 1.28 bits per heavy atom. The highest BCUT2D eigenvalue weighted by Gasteiger charge is 2.20. The van der Waals surface area contributed by atoms with Gasteiger partial charge in [0.1, 0.15) is 5.75 Å². The Morgan fingerprint density at radius 3 is 2.78 bits per heavy atom. The summed E-state index contributed by atoms with van der Waals surface area (Å²) in [5.74, 6) is 0.821. The van der Waals surface area contributed by atoms with Gasteiger partial charge >= 0.3 is 0 Å². The number of rotatable bonds is 4. The second-order valence-electron chi connectivity index (χ2n) is 4.80. The second kappa shape index (κ2) is 6.01. The number of aryl methyl sites for hydroxylation is 1. The van der Waals surface area contributed by atoms with Gasteiger partial charge in [-0.3, -0.25) is 4.79 Å². The van der Waals surface area contributed by atoms with E-state index in [0.717, 1.165) is 24.8 Å². The molecule has 0 radical (unpaired) electrons. The number of hydrogen-bond donors (Lipinski definition) is 1. The first-order valence-corrected chi connectivity index (χ1v) is 6.70. The lowest BCUT2D eigenvalue weighted by atomic mass is 9.92. The molecule has 0 saturated heterocycles. The Hall–Kier alpha value is -1.35. The van der Waals surface area contributed by atoms with Gasteiger partial charge in [0.2, 0.25) is 0 Å². The van der Waals surface area contributed by atoms with E-state index in [1.54, 1.807) is 7.11 Å². The molecular weight excluding hydrogens is 226 g/mol. The van der Waals surface area contributed by atoms with Gasteiger partial charge in [0.25, 0.3) is 0 Å². The first-order chi connectivity index (χ1) is 8.77. The van der Waals surface area contributed by atoms with Gasteiger partial charge in [-0.25, -0.2) is 0 Å². The highest BCUT2D eigenvalue weighted by atomic mass is 16.5. The highest BCUT2D eigenvalue weighted by Crippen LogP contribution is 2.31. The van der Waals surface area contributed by atoms with Crippen molar-refractivity contribution < 1.29 is 9.53 Å². The number of Topliss-reactive ketones (excluding diaryl/α,β-unsaturated/α-hetero) is 1. The Morgan fingerprint density at radius 2 is 2.06 bits per heavy atom. The molecule has 0 aliphatic heterocycles. The number of ether oxygens (including phenoxy) is 1. The van der Waals surface area contributed by atoms with Crippen LogP contribution in [0.1, 0.15) is 47.2 Å².